The summed E-state index contributed by atoms with van der Waals surface area (Å²) in [4.78, 5) is 41.2. The summed E-state index contributed by atoms with van der Waals surface area (Å²) in [5, 5.41) is 10.5. The van der Waals surface area contributed by atoms with Crippen LogP contribution in [0, 0.1) is 0 Å². The molecular formula is C26H35N5O3. The molecule has 8 heteroatoms. The van der Waals surface area contributed by atoms with Crippen LogP contribution < -0.4 is 10.6 Å². The van der Waals surface area contributed by atoms with Gasteiger partial charge in [0.25, 0.3) is 11.8 Å². The van der Waals surface area contributed by atoms with Crippen LogP contribution in [0.1, 0.15) is 85.0 Å². The highest BCUT2D eigenvalue weighted by Gasteiger charge is 2.48. The topological polar surface area (TPSA) is 96.3 Å². The predicted molar refractivity (Wildman–Crippen MR) is 129 cm³/mol. The molecule has 2 aliphatic rings. The normalized spacial score (nSPS) is 20.3. The third-order valence-corrected chi connectivity index (χ3v) is 7.04. The summed E-state index contributed by atoms with van der Waals surface area (Å²) >= 11 is 0. The second-order valence-corrected chi connectivity index (χ2v) is 9.61. The number of rotatable bonds is 8. The summed E-state index contributed by atoms with van der Waals surface area (Å²) in [6.45, 7) is 6.95. The third-order valence-electron chi connectivity index (χ3n) is 7.04. The maximum absolute atomic E-state index is 13.4. The van der Waals surface area contributed by atoms with Crippen molar-refractivity contribution in [3.63, 3.8) is 0 Å². The summed E-state index contributed by atoms with van der Waals surface area (Å²) in [6, 6.07) is 9.80. The summed E-state index contributed by atoms with van der Waals surface area (Å²) in [5.41, 5.74) is 1.72. The van der Waals surface area contributed by atoms with E-state index in [1.165, 1.54) is 16.3 Å². The van der Waals surface area contributed by atoms with Crippen LogP contribution in [-0.4, -0.2) is 50.5 Å². The molecule has 1 aromatic heterocycles. The molecular weight excluding hydrogens is 430 g/mol. The zero-order valence-corrected chi connectivity index (χ0v) is 20.4. The largest absolute Gasteiger partial charge is 0.351 e. The van der Waals surface area contributed by atoms with E-state index in [9.17, 15) is 14.4 Å². The Morgan fingerprint density at radius 1 is 1.12 bits per heavy atom. The van der Waals surface area contributed by atoms with Crippen LogP contribution in [0.3, 0.4) is 0 Å². The highest BCUT2D eigenvalue weighted by atomic mass is 16.2. The molecule has 1 fully saturated rings. The van der Waals surface area contributed by atoms with Gasteiger partial charge in [-0.05, 0) is 43.7 Å². The summed E-state index contributed by atoms with van der Waals surface area (Å²) in [6.07, 6.45) is 5.88. The first kappa shape index (κ1) is 24.0. The van der Waals surface area contributed by atoms with Gasteiger partial charge in [-0.25, -0.2) is 0 Å². The van der Waals surface area contributed by atoms with E-state index in [0.717, 1.165) is 44.1 Å². The number of carbonyl (C=O) groups excluding carboxylic acids is 3. The molecule has 0 spiro atoms. The SMILES string of the molecule is CCCN1C(=O)c2cc(C(=O)NCc3ccc(CC)cc3)nn2CC1(C)C(=O)NC1CCCC1. The second-order valence-electron chi connectivity index (χ2n) is 9.61. The Labute approximate surface area is 201 Å². The van der Waals surface area contributed by atoms with Crippen LogP contribution in [0.15, 0.2) is 30.3 Å². The molecule has 0 radical (unpaired) electrons. The third kappa shape index (κ3) is 4.72. The van der Waals surface area contributed by atoms with Crippen LogP contribution in [0.25, 0.3) is 0 Å². The summed E-state index contributed by atoms with van der Waals surface area (Å²) < 4.78 is 1.52. The van der Waals surface area contributed by atoms with Gasteiger partial charge in [-0.3, -0.25) is 19.1 Å². The number of aromatic nitrogens is 2. The van der Waals surface area contributed by atoms with Gasteiger partial charge < -0.3 is 15.5 Å². The smallest absolute Gasteiger partial charge is 0.273 e. The van der Waals surface area contributed by atoms with E-state index < -0.39 is 5.54 Å². The number of nitrogens with one attached hydrogen (secondary N) is 2. The molecule has 1 aliphatic carbocycles. The minimum Gasteiger partial charge on any atom is -0.351 e. The maximum Gasteiger partial charge on any atom is 0.273 e. The van der Waals surface area contributed by atoms with Crippen molar-refractivity contribution in [2.45, 2.75) is 84.0 Å². The van der Waals surface area contributed by atoms with Crippen molar-refractivity contribution in [1.82, 2.24) is 25.3 Å². The van der Waals surface area contributed by atoms with Crippen LogP contribution in [-0.2, 0) is 24.3 Å². The van der Waals surface area contributed by atoms with Crippen LogP contribution in [0.2, 0.25) is 0 Å². The van der Waals surface area contributed by atoms with Gasteiger partial charge in [-0.15, -0.1) is 0 Å². The minimum atomic E-state index is -1.05. The van der Waals surface area contributed by atoms with E-state index >= 15 is 0 Å². The predicted octanol–water partition coefficient (Wildman–Crippen LogP) is 3.06. The molecule has 1 aliphatic heterocycles. The van der Waals surface area contributed by atoms with Gasteiger partial charge in [0.2, 0.25) is 5.91 Å². The number of fused-ring (bicyclic) bond motifs is 1. The molecule has 182 valence electrons. The zero-order chi connectivity index (χ0) is 24.3. The van der Waals surface area contributed by atoms with Crippen LogP contribution in [0.4, 0.5) is 0 Å². The van der Waals surface area contributed by atoms with Crippen molar-refractivity contribution in [1.29, 1.82) is 0 Å². The highest BCUT2D eigenvalue weighted by molar-refractivity contribution is 6.01. The lowest BCUT2D eigenvalue weighted by atomic mass is 9.94. The Bertz CT molecular complexity index is 1050. The quantitative estimate of drug-likeness (QED) is 0.626. The molecule has 1 atom stereocenters. The summed E-state index contributed by atoms with van der Waals surface area (Å²) in [7, 11) is 0. The molecule has 3 amide bonds. The number of nitrogens with zero attached hydrogens (tertiary/aromatic N) is 3. The first-order chi connectivity index (χ1) is 16.4. The van der Waals surface area contributed by atoms with E-state index in [2.05, 4.69) is 34.8 Å². The second kappa shape index (κ2) is 9.99. The standard InChI is InChI=1S/C26H35N5O3/c1-4-14-30-24(33)22-15-21(23(32)27-16-19-12-10-18(5-2)11-13-19)29-31(22)17-26(30,3)25(34)28-20-8-6-7-9-20/h10-13,15,20H,4-9,14,16-17H2,1-3H3,(H,27,32)(H,28,34). The lowest BCUT2D eigenvalue weighted by molar-refractivity contribution is -0.133. The van der Waals surface area contributed by atoms with E-state index in [0.29, 0.717) is 18.8 Å². The van der Waals surface area contributed by atoms with Crippen LogP contribution in [0.5, 0.6) is 0 Å². The Kier molecular flexibility index (Phi) is 7.05. The number of aryl methyl sites for hydroxylation is 1. The molecule has 0 saturated heterocycles. The monoisotopic (exact) mass is 465 g/mol. The van der Waals surface area contributed by atoms with E-state index in [1.807, 2.05) is 19.1 Å². The van der Waals surface area contributed by atoms with E-state index in [-0.39, 0.29) is 36.0 Å². The maximum atomic E-state index is 13.4. The number of carbonyl (C=O) groups is 3. The van der Waals surface area contributed by atoms with Crippen molar-refractivity contribution < 1.29 is 14.4 Å². The van der Waals surface area contributed by atoms with Crippen molar-refractivity contribution in [2.75, 3.05) is 6.54 Å². The molecule has 2 N–H and O–H groups in total. The van der Waals surface area contributed by atoms with Gasteiger partial charge in [-0.2, -0.15) is 5.10 Å². The van der Waals surface area contributed by atoms with Crippen molar-refractivity contribution >= 4 is 17.7 Å². The number of hydrogen-bond acceptors (Lipinski definition) is 4. The molecule has 1 saturated carbocycles. The van der Waals surface area contributed by atoms with Gasteiger partial charge in [0.05, 0.1) is 6.54 Å². The van der Waals surface area contributed by atoms with E-state index in [4.69, 9.17) is 0 Å². The Balaban J connectivity index is 1.51. The number of amides is 3. The first-order valence-corrected chi connectivity index (χ1v) is 12.4. The van der Waals surface area contributed by atoms with Gasteiger partial charge in [0.15, 0.2) is 5.69 Å². The molecule has 8 nitrogen and oxygen atoms in total. The average Bonchev–Trinajstić information content (AvgIpc) is 3.50. The number of hydrogen-bond donors (Lipinski definition) is 2. The van der Waals surface area contributed by atoms with E-state index in [1.54, 1.807) is 11.8 Å². The molecule has 34 heavy (non-hydrogen) atoms. The Hall–Kier alpha value is -3.16. The molecule has 2 aromatic rings. The van der Waals surface area contributed by atoms with Crippen molar-refractivity contribution in [2.24, 2.45) is 0 Å². The lowest BCUT2D eigenvalue weighted by Crippen LogP contribution is -2.65. The molecule has 1 unspecified atom stereocenters. The first-order valence-electron chi connectivity index (χ1n) is 12.4. The molecule has 1 aromatic carbocycles. The van der Waals surface area contributed by atoms with Crippen molar-refractivity contribution in [3.05, 3.63) is 52.8 Å². The molecule has 2 heterocycles. The van der Waals surface area contributed by atoms with Gasteiger partial charge in [0.1, 0.15) is 11.2 Å². The Morgan fingerprint density at radius 2 is 1.79 bits per heavy atom. The fourth-order valence-electron chi connectivity index (χ4n) is 4.90. The van der Waals surface area contributed by atoms with Gasteiger partial charge >= 0.3 is 0 Å². The molecule has 4 rings (SSSR count). The molecule has 0 bridgehead atoms. The minimum absolute atomic E-state index is 0.149. The fourth-order valence-corrected chi connectivity index (χ4v) is 4.90. The Morgan fingerprint density at radius 3 is 2.44 bits per heavy atom. The summed E-state index contributed by atoms with van der Waals surface area (Å²) in [5.74, 6) is -0.754. The fraction of sp³-hybridized carbons (Fsp3) is 0.538. The lowest BCUT2D eigenvalue weighted by Gasteiger charge is -2.43. The zero-order valence-electron chi connectivity index (χ0n) is 20.4. The van der Waals surface area contributed by atoms with Crippen molar-refractivity contribution in [3.8, 4) is 0 Å². The van der Waals surface area contributed by atoms with Gasteiger partial charge in [-0.1, -0.05) is 51.0 Å². The van der Waals surface area contributed by atoms with Crippen LogP contribution >= 0.6 is 0 Å². The number of benzene rings is 1. The highest BCUT2D eigenvalue weighted by Crippen LogP contribution is 2.29. The van der Waals surface area contributed by atoms with Gasteiger partial charge in [0, 0.05) is 25.2 Å². The average molecular weight is 466 g/mol.